The SMILES string of the molecule is CCCCSC1C(=O)NC(=O)C1c1ccccc1Cl. The van der Waals surface area contributed by atoms with Gasteiger partial charge in [0, 0.05) is 5.02 Å². The van der Waals surface area contributed by atoms with Gasteiger partial charge in [-0.15, -0.1) is 11.8 Å². The molecular formula is C14H16ClNO2S. The van der Waals surface area contributed by atoms with Crippen LogP contribution in [0.4, 0.5) is 0 Å². The number of amides is 2. The molecule has 1 saturated heterocycles. The number of unbranched alkanes of at least 4 members (excludes halogenated alkanes) is 1. The first-order valence-electron chi connectivity index (χ1n) is 6.36. The number of carbonyl (C=O) groups is 2. The molecule has 19 heavy (non-hydrogen) atoms. The minimum Gasteiger partial charge on any atom is -0.295 e. The molecular weight excluding hydrogens is 282 g/mol. The van der Waals surface area contributed by atoms with Gasteiger partial charge in [-0.25, -0.2) is 0 Å². The number of thioether (sulfide) groups is 1. The maximum atomic E-state index is 12.0. The van der Waals surface area contributed by atoms with Crippen LogP contribution in [0.15, 0.2) is 24.3 Å². The average Bonchev–Trinajstić information content (AvgIpc) is 2.66. The second-order valence-electron chi connectivity index (χ2n) is 4.50. The van der Waals surface area contributed by atoms with E-state index in [1.54, 1.807) is 17.8 Å². The van der Waals surface area contributed by atoms with E-state index in [-0.39, 0.29) is 17.1 Å². The molecule has 2 atom stereocenters. The molecule has 1 N–H and O–H groups in total. The van der Waals surface area contributed by atoms with Crippen LogP contribution >= 0.6 is 23.4 Å². The van der Waals surface area contributed by atoms with Gasteiger partial charge in [0.25, 0.3) is 0 Å². The summed E-state index contributed by atoms with van der Waals surface area (Å²) in [4.78, 5) is 23.9. The Hall–Kier alpha value is -1.00. The second-order valence-corrected chi connectivity index (χ2v) is 6.15. The fourth-order valence-electron chi connectivity index (χ4n) is 2.12. The summed E-state index contributed by atoms with van der Waals surface area (Å²) in [7, 11) is 0. The van der Waals surface area contributed by atoms with Crippen molar-refractivity contribution in [1.29, 1.82) is 0 Å². The van der Waals surface area contributed by atoms with Crippen molar-refractivity contribution in [3.8, 4) is 0 Å². The quantitative estimate of drug-likeness (QED) is 0.671. The Morgan fingerprint density at radius 3 is 2.68 bits per heavy atom. The van der Waals surface area contributed by atoms with Gasteiger partial charge in [0.2, 0.25) is 11.8 Å². The Morgan fingerprint density at radius 1 is 1.26 bits per heavy atom. The summed E-state index contributed by atoms with van der Waals surface area (Å²) in [6.07, 6.45) is 2.12. The summed E-state index contributed by atoms with van der Waals surface area (Å²) in [5.74, 6) is -0.0331. The number of nitrogens with one attached hydrogen (secondary N) is 1. The second kappa shape index (κ2) is 6.44. The summed E-state index contributed by atoms with van der Waals surface area (Å²) in [6, 6.07) is 7.23. The number of hydrogen-bond acceptors (Lipinski definition) is 3. The van der Waals surface area contributed by atoms with Crippen LogP contribution in [0.25, 0.3) is 0 Å². The van der Waals surface area contributed by atoms with Gasteiger partial charge >= 0.3 is 0 Å². The summed E-state index contributed by atoms with van der Waals surface area (Å²) < 4.78 is 0. The third-order valence-electron chi connectivity index (χ3n) is 3.13. The lowest BCUT2D eigenvalue weighted by Crippen LogP contribution is -2.23. The zero-order valence-electron chi connectivity index (χ0n) is 10.7. The van der Waals surface area contributed by atoms with E-state index < -0.39 is 5.92 Å². The highest BCUT2D eigenvalue weighted by molar-refractivity contribution is 8.00. The maximum Gasteiger partial charge on any atom is 0.240 e. The van der Waals surface area contributed by atoms with Crippen LogP contribution in [0.2, 0.25) is 5.02 Å². The maximum absolute atomic E-state index is 12.0. The molecule has 3 nitrogen and oxygen atoms in total. The molecule has 1 aromatic rings. The Bertz CT molecular complexity index is 492. The van der Waals surface area contributed by atoms with Crippen molar-refractivity contribution in [2.45, 2.75) is 30.9 Å². The molecule has 1 fully saturated rings. The molecule has 1 aromatic carbocycles. The molecule has 0 aromatic heterocycles. The topological polar surface area (TPSA) is 46.2 Å². The molecule has 1 aliphatic rings. The molecule has 2 amide bonds. The zero-order chi connectivity index (χ0) is 13.8. The lowest BCUT2D eigenvalue weighted by molar-refractivity contribution is -0.125. The minimum atomic E-state index is -0.469. The van der Waals surface area contributed by atoms with Crippen molar-refractivity contribution in [2.75, 3.05) is 5.75 Å². The van der Waals surface area contributed by atoms with Crippen LogP contribution in [0.3, 0.4) is 0 Å². The van der Waals surface area contributed by atoms with Crippen molar-refractivity contribution >= 4 is 35.2 Å². The van der Waals surface area contributed by atoms with E-state index >= 15 is 0 Å². The number of hydrogen-bond donors (Lipinski definition) is 1. The fourth-order valence-corrected chi connectivity index (χ4v) is 3.75. The van der Waals surface area contributed by atoms with Gasteiger partial charge in [-0.3, -0.25) is 14.9 Å². The standard InChI is InChI=1S/C14H16ClNO2S/c1-2-3-8-19-12-11(13(17)16-14(12)18)9-6-4-5-7-10(9)15/h4-7,11-12H,2-3,8H2,1H3,(H,16,17,18). The first-order valence-corrected chi connectivity index (χ1v) is 7.78. The van der Waals surface area contributed by atoms with E-state index in [0.29, 0.717) is 5.02 Å². The lowest BCUT2D eigenvalue weighted by Gasteiger charge is -2.16. The highest BCUT2D eigenvalue weighted by atomic mass is 35.5. The molecule has 0 spiro atoms. The molecule has 1 aliphatic heterocycles. The van der Waals surface area contributed by atoms with Crippen LogP contribution in [0.5, 0.6) is 0 Å². The van der Waals surface area contributed by atoms with Crippen LogP contribution in [0.1, 0.15) is 31.2 Å². The number of benzene rings is 1. The molecule has 2 unspecified atom stereocenters. The molecule has 0 radical (unpaired) electrons. The van der Waals surface area contributed by atoms with E-state index in [0.717, 1.165) is 24.2 Å². The van der Waals surface area contributed by atoms with Gasteiger partial charge < -0.3 is 0 Å². The summed E-state index contributed by atoms with van der Waals surface area (Å²) in [5, 5.41) is 2.59. The Kier molecular flexibility index (Phi) is 4.88. The highest BCUT2D eigenvalue weighted by Gasteiger charge is 2.43. The van der Waals surface area contributed by atoms with Crippen LogP contribution in [-0.4, -0.2) is 22.8 Å². The summed E-state index contributed by atoms with van der Waals surface area (Å²) in [6.45, 7) is 2.10. The van der Waals surface area contributed by atoms with E-state index in [2.05, 4.69) is 12.2 Å². The first kappa shape index (κ1) is 14.4. The summed E-state index contributed by atoms with van der Waals surface area (Å²) in [5.41, 5.74) is 0.738. The first-order chi connectivity index (χ1) is 9.15. The highest BCUT2D eigenvalue weighted by Crippen LogP contribution is 2.36. The Morgan fingerprint density at radius 2 is 2.00 bits per heavy atom. The van der Waals surface area contributed by atoms with Gasteiger partial charge in [-0.1, -0.05) is 43.1 Å². The number of rotatable bonds is 5. The van der Waals surface area contributed by atoms with Crippen LogP contribution in [-0.2, 0) is 9.59 Å². The number of halogens is 1. The Labute approximate surface area is 122 Å². The van der Waals surface area contributed by atoms with Gasteiger partial charge in [0.15, 0.2) is 0 Å². The predicted molar refractivity (Wildman–Crippen MR) is 78.5 cm³/mol. The normalized spacial score (nSPS) is 22.6. The van der Waals surface area contributed by atoms with Crippen molar-refractivity contribution in [2.24, 2.45) is 0 Å². The van der Waals surface area contributed by atoms with Crippen molar-refractivity contribution in [3.05, 3.63) is 34.9 Å². The molecule has 0 saturated carbocycles. The Balaban J connectivity index is 2.22. The molecule has 5 heteroatoms. The fraction of sp³-hybridized carbons (Fsp3) is 0.429. The van der Waals surface area contributed by atoms with E-state index in [4.69, 9.17) is 11.6 Å². The van der Waals surface area contributed by atoms with Gasteiger partial charge in [0.1, 0.15) is 0 Å². The van der Waals surface area contributed by atoms with E-state index in [1.807, 2.05) is 18.2 Å². The van der Waals surface area contributed by atoms with Gasteiger partial charge in [-0.2, -0.15) is 0 Å². The molecule has 1 heterocycles. The van der Waals surface area contributed by atoms with Crippen LogP contribution in [0, 0.1) is 0 Å². The summed E-state index contributed by atoms with van der Waals surface area (Å²) >= 11 is 7.68. The lowest BCUT2D eigenvalue weighted by atomic mass is 9.97. The average molecular weight is 298 g/mol. The van der Waals surface area contributed by atoms with Crippen LogP contribution < -0.4 is 5.32 Å². The number of carbonyl (C=O) groups excluding carboxylic acids is 2. The smallest absolute Gasteiger partial charge is 0.240 e. The number of imide groups is 1. The van der Waals surface area contributed by atoms with Gasteiger partial charge in [0.05, 0.1) is 11.2 Å². The molecule has 0 aliphatic carbocycles. The van der Waals surface area contributed by atoms with E-state index in [9.17, 15) is 9.59 Å². The molecule has 0 bridgehead atoms. The largest absolute Gasteiger partial charge is 0.295 e. The third kappa shape index (κ3) is 3.12. The van der Waals surface area contributed by atoms with Gasteiger partial charge in [-0.05, 0) is 23.8 Å². The van der Waals surface area contributed by atoms with Crippen molar-refractivity contribution < 1.29 is 9.59 Å². The zero-order valence-corrected chi connectivity index (χ0v) is 12.3. The molecule has 2 rings (SSSR count). The molecule has 102 valence electrons. The van der Waals surface area contributed by atoms with E-state index in [1.165, 1.54) is 0 Å². The predicted octanol–water partition coefficient (Wildman–Crippen LogP) is 2.98. The third-order valence-corrected chi connectivity index (χ3v) is 4.84. The van der Waals surface area contributed by atoms with Crippen molar-refractivity contribution in [1.82, 2.24) is 5.32 Å². The monoisotopic (exact) mass is 297 g/mol. The van der Waals surface area contributed by atoms with Crippen molar-refractivity contribution in [3.63, 3.8) is 0 Å². The minimum absolute atomic E-state index is 0.198.